The molecule has 4 heteroatoms. The number of carbonyl (C=O) groups excluding carboxylic acids is 1. The summed E-state index contributed by atoms with van der Waals surface area (Å²) in [5.41, 5.74) is 2.65. The second-order valence-electron chi connectivity index (χ2n) is 3.96. The molecule has 0 unspecified atom stereocenters. The number of amides is 1. The number of benzene rings is 1. The largest absolute Gasteiger partial charge is 0.395 e. The van der Waals surface area contributed by atoms with Crippen LogP contribution < -0.4 is 10.6 Å². The standard InChI is InChI=1S/C15H20N2O2/c1-3-6-12-7-5-8-14(13(12)4-2)17-15(19)11-16-9-10-18/h3-8,16,18H,2,9-11H2,1H3,(H,17,19)/b6-3-. The molecule has 3 N–H and O–H groups in total. The first-order valence-corrected chi connectivity index (χ1v) is 6.22. The van der Waals surface area contributed by atoms with Crippen LogP contribution in [-0.4, -0.2) is 30.7 Å². The normalized spacial score (nSPS) is 10.6. The fourth-order valence-electron chi connectivity index (χ4n) is 1.72. The van der Waals surface area contributed by atoms with E-state index in [1.54, 1.807) is 6.08 Å². The average Bonchev–Trinajstić information content (AvgIpc) is 2.40. The predicted molar refractivity (Wildman–Crippen MR) is 79.8 cm³/mol. The van der Waals surface area contributed by atoms with Gasteiger partial charge in [0.15, 0.2) is 0 Å². The number of hydrogen-bond acceptors (Lipinski definition) is 3. The first-order valence-electron chi connectivity index (χ1n) is 6.22. The van der Waals surface area contributed by atoms with E-state index in [0.29, 0.717) is 6.54 Å². The number of allylic oxidation sites excluding steroid dienone is 1. The van der Waals surface area contributed by atoms with Gasteiger partial charge >= 0.3 is 0 Å². The lowest BCUT2D eigenvalue weighted by Crippen LogP contribution is -2.30. The molecule has 1 aromatic rings. The van der Waals surface area contributed by atoms with Crippen molar-refractivity contribution in [1.29, 1.82) is 0 Å². The molecule has 0 aliphatic heterocycles. The van der Waals surface area contributed by atoms with Gasteiger partial charge in [0, 0.05) is 17.8 Å². The van der Waals surface area contributed by atoms with E-state index in [1.165, 1.54) is 0 Å². The first-order chi connectivity index (χ1) is 9.22. The molecule has 0 atom stereocenters. The first kappa shape index (κ1) is 15.1. The summed E-state index contributed by atoms with van der Waals surface area (Å²) in [6.07, 6.45) is 5.64. The summed E-state index contributed by atoms with van der Waals surface area (Å²) in [4.78, 5) is 11.7. The summed E-state index contributed by atoms with van der Waals surface area (Å²) in [5.74, 6) is -0.144. The van der Waals surface area contributed by atoms with Crippen molar-refractivity contribution >= 4 is 23.7 Å². The van der Waals surface area contributed by atoms with Crippen molar-refractivity contribution in [3.05, 3.63) is 42.0 Å². The Bertz CT molecular complexity index is 467. The fourth-order valence-corrected chi connectivity index (χ4v) is 1.72. The predicted octanol–water partition coefficient (Wildman–Crippen LogP) is 1.88. The Kier molecular flexibility index (Phi) is 6.57. The smallest absolute Gasteiger partial charge is 0.238 e. The van der Waals surface area contributed by atoms with Crippen molar-refractivity contribution in [2.24, 2.45) is 0 Å². The molecule has 0 radical (unpaired) electrons. The third kappa shape index (κ3) is 4.69. The molecule has 1 amide bonds. The zero-order valence-corrected chi connectivity index (χ0v) is 11.1. The summed E-state index contributed by atoms with van der Waals surface area (Å²) in [6, 6.07) is 5.70. The molecule has 1 aromatic carbocycles. The maximum absolute atomic E-state index is 11.7. The van der Waals surface area contributed by atoms with Crippen molar-refractivity contribution in [3.63, 3.8) is 0 Å². The van der Waals surface area contributed by atoms with E-state index < -0.39 is 0 Å². The molecule has 19 heavy (non-hydrogen) atoms. The van der Waals surface area contributed by atoms with E-state index >= 15 is 0 Å². The Morgan fingerprint density at radius 1 is 1.47 bits per heavy atom. The zero-order chi connectivity index (χ0) is 14.1. The van der Waals surface area contributed by atoms with Crippen LogP contribution in [0.2, 0.25) is 0 Å². The van der Waals surface area contributed by atoms with Crippen LogP contribution >= 0.6 is 0 Å². The number of hydrogen-bond donors (Lipinski definition) is 3. The summed E-state index contributed by atoms with van der Waals surface area (Å²) in [5, 5.41) is 14.3. The van der Waals surface area contributed by atoms with Crippen molar-refractivity contribution in [2.75, 3.05) is 25.0 Å². The number of nitrogens with one attached hydrogen (secondary N) is 2. The minimum Gasteiger partial charge on any atom is -0.395 e. The highest BCUT2D eigenvalue weighted by atomic mass is 16.3. The SMILES string of the molecule is C=Cc1c(/C=C\C)cccc1NC(=O)CNCCO. The Morgan fingerprint density at radius 3 is 2.89 bits per heavy atom. The van der Waals surface area contributed by atoms with Gasteiger partial charge in [0.05, 0.1) is 13.2 Å². The molecular formula is C15H20N2O2. The molecule has 0 spiro atoms. The summed E-state index contributed by atoms with van der Waals surface area (Å²) < 4.78 is 0. The quantitative estimate of drug-likeness (QED) is 0.656. The maximum Gasteiger partial charge on any atom is 0.238 e. The van der Waals surface area contributed by atoms with Gasteiger partial charge in [-0.25, -0.2) is 0 Å². The van der Waals surface area contributed by atoms with Crippen LogP contribution in [-0.2, 0) is 4.79 Å². The number of carbonyl (C=O) groups is 1. The molecule has 0 fully saturated rings. The Balaban J connectivity index is 2.80. The molecule has 0 bridgehead atoms. The van der Waals surface area contributed by atoms with Crippen molar-refractivity contribution < 1.29 is 9.90 Å². The van der Waals surface area contributed by atoms with Crippen LogP contribution in [0.1, 0.15) is 18.1 Å². The summed E-state index contributed by atoms with van der Waals surface area (Å²) in [7, 11) is 0. The average molecular weight is 260 g/mol. The highest BCUT2D eigenvalue weighted by molar-refractivity contribution is 5.95. The van der Waals surface area contributed by atoms with Crippen LogP contribution in [0.3, 0.4) is 0 Å². The summed E-state index contributed by atoms with van der Waals surface area (Å²) in [6.45, 7) is 6.32. The van der Waals surface area contributed by atoms with E-state index in [-0.39, 0.29) is 19.1 Å². The van der Waals surface area contributed by atoms with Gasteiger partial charge in [-0.2, -0.15) is 0 Å². The zero-order valence-electron chi connectivity index (χ0n) is 11.1. The molecule has 0 saturated heterocycles. The topological polar surface area (TPSA) is 61.4 Å². The van der Waals surface area contributed by atoms with E-state index in [4.69, 9.17) is 5.11 Å². The van der Waals surface area contributed by atoms with E-state index in [2.05, 4.69) is 17.2 Å². The van der Waals surface area contributed by atoms with Crippen LogP contribution in [0.25, 0.3) is 12.2 Å². The third-order valence-electron chi connectivity index (χ3n) is 2.54. The Hall–Kier alpha value is -1.91. The van der Waals surface area contributed by atoms with E-state index in [0.717, 1.165) is 16.8 Å². The van der Waals surface area contributed by atoms with Crippen LogP contribution in [0.15, 0.2) is 30.9 Å². The molecule has 1 rings (SSSR count). The minimum absolute atomic E-state index is 0.0158. The van der Waals surface area contributed by atoms with Gasteiger partial charge in [0.1, 0.15) is 0 Å². The molecular weight excluding hydrogens is 240 g/mol. The Labute approximate surface area is 113 Å². The van der Waals surface area contributed by atoms with Crippen LogP contribution in [0, 0.1) is 0 Å². The van der Waals surface area contributed by atoms with Gasteiger partial charge in [-0.3, -0.25) is 4.79 Å². The fraction of sp³-hybridized carbons (Fsp3) is 0.267. The molecule has 0 aromatic heterocycles. The van der Waals surface area contributed by atoms with E-state index in [9.17, 15) is 4.79 Å². The monoisotopic (exact) mass is 260 g/mol. The third-order valence-corrected chi connectivity index (χ3v) is 2.54. The van der Waals surface area contributed by atoms with Gasteiger partial charge in [-0.05, 0) is 18.6 Å². The summed E-state index contributed by atoms with van der Waals surface area (Å²) >= 11 is 0. The Morgan fingerprint density at radius 2 is 2.26 bits per heavy atom. The van der Waals surface area contributed by atoms with Crippen molar-refractivity contribution in [2.45, 2.75) is 6.92 Å². The molecule has 0 aliphatic carbocycles. The lowest BCUT2D eigenvalue weighted by molar-refractivity contribution is -0.115. The van der Waals surface area contributed by atoms with Crippen molar-refractivity contribution in [3.8, 4) is 0 Å². The van der Waals surface area contributed by atoms with Gasteiger partial charge in [0.2, 0.25) is 5.91 Å². The highest BCUT2D eigenvalue weighted by Crippen LogP contribution is 2.22. The van der Waals surface area contributed by atoms with E-state index in [1.807, 2.05) is 37.3 Å². The highest BCUT2D eigenvalue weighted by Gasteiger charge is 2.07. The molecule has 102 valence electrons. The van der Waals surface area contributed by atoms with Crippen LogP contribution in [0.5, 0.6) is 0 Å². The second kappa shape index (κ2) is 8.24. The number of rotatable bonds is 7. The van der Waals surface area contributed by atoms with Crippen LogP contribution in [0.4, 0.5) is 5.69 Å². The van der Waals surface area contributed by atoms with Gasteiger partial charge in [-0.15, -0.1) is 0 Å². The maximum atomic E-state index is 11.7. The number of anilines is 1. The molecule has 0 heterocycles. The lowest BCUT2D eigenvalue weighted by atomic mass is 10.0. The van der Waals surface area contributed by atoms with Crippen molar-refractivity contribution in [1.82, 2.24) is 5.32 Å². The number of aliphatic hydroxyl groups excluding tert-OH is 1. The minimum atomic E-state index is -0.144. The molecule has 4 nitrogen and oxygen atoms in total. The molecule has 0 saturated carbocycles. The van der Waals surface area contributed by atoms with Gasteiger partial charge < -0.3 is 15.7 Å². The molecule has 0 aliphatic rings. The lowest BCUT2D eigenvalue weighted by Gasteiger charge is -2.11. The van der Waals surface area contributed by atoms with Gasteiger partial charge in [-0.1, -0.05) is 36.9 Å². The second-order valence-corrected chi connectivity index (χ2v) is 3.96. The number of aliphatic hydroxyl groups is 1. The van der Waals surface area contributed by atoms with Gasteiger partial charge in [0.25, 0.3) is 0 Å².